The Balaban J connectivity index is 2.11. The fourth-order valence-corrected chi connectivity index (χ4v) is 2.78. The Morgan fingerprint density at radius 1 is 1.06 bits per heavy atom. The van der Waals surface area contributed by atoms with E-state index in [1.165, 1.54) is 6.42 Å². The van der Waals surface area contributed by atoms with Gasteiger partial charge >= 0.3 is 5.97 Å². The summed E-state index contributed by atoms with van der Waals surface area (Å²) in [5.41, 5.74) is 2.64. The molecule has 0 aliphatic heterocycles. The minimum atomic E-state index is -0.257. The molecule has 0 aromatic heterocycles. The van der Waals surface area contributed by atoms with Crippen LogP contribution in [0.1, 0.15) is 60.5 Å². The predicted molar refractivity (Wildman–Crippen MR) is 72.8 cm³/mol. The molecule has 1 fully saturated rings. The predicted octanol–water partition coefficient (Wildman–Crippen LogP) is 4.18. The average Bonchev–Trinajstić information content (AvgIpc) is 2.28. The molecule has 0 spiro atoms. The monoisotopic (exact) mass is 246 g/mol. The van der Waals surface area contributed by atoms with E-state index >= 15 is 0 Å². The van der Waals surface area contributed by atoms with E-state index in [0.717, 1.165) is 36.8 Å². The van der Waals surface area contributed by atoms with Crippen LogP contribution in [0.25, 0.3) is 0 Å². The molecule has 0 atom stereocenters. The molecule has 1 aromatic carbocycles. The summed E-state index contributed by atoms with van der Waals surface area (Å²) in [4.78, 5) is 12.2. The van der Waals surface area contributed by atoms with E-state index < -0.39 is 0 Å². The van der Waals surface area contributed by atoms with Gasteiger partial charge in [0.2, 0.25) is 0 Å². The van der Waals surface area contributed by atoms with Crippen molar-refractivity contribution in [3.05, 3.63) is 34.9 Å². The lowest BCUT2D eigenvalue weighted by atomic mass is 9.86. The highest BCUT2D eigenvalue weighted by molar-refractivity contribution is 5.90. The van der Waals surface area contributed by atoms with Crippen LogP contribution in [0.4, 0.5) is 0 Å². The molecule has 0 N–H and O–H groups in total. The molecule has 2 heteroatoms. The smallest absolute Gasteiger partial charge is 0.338 e. The first-order valence-electron chi connectivity index (χ1n) is 6.80. The molecule has 98 valence electrons. The molecule has 2 rings (SSSR count). The van der Waals surface area contributed by atoms with Gasteiger partial charge in [-0.05, 0) is 58.6 Å². The molecule has 1 aliphatic rings. The minimum absolute atomic E-state index is 0.175. The summed E-state index contributed by atoms with van der Waals surface area (Å²) in [5.74, 6) is -0.175. The molecule has 18 heavy (non-hydrogen) atoms. The van der Waals surface area contributed by atoms with Crippen LogP contribution in [0, 0.1) is 13.8 Å². The molecule has 0 heterocycles. The number of carbonyl (C=O) groups excluding carboxylic acids is 1. The number of rotatable bonds is 2. The number of aryl methyl sites for hydroxylation is 2. The van der Waals surface area contributed by atoms with E-state index in [2.05, 4.69) is 13.0 Å². The molecule has 2 nitrogen and oxygen atoms in total. The largest absolute Gasteiger partial charge is 0.456 e. The van der Waals surface area contributed by atoms with Crippen molar-refractivity contribution < 1.29 is 9.53 Å². The van der Waals surface area contributed by atoms with Crippen LogP contribution < -0.4 is 0 Å². The van der Waals surface area contributed by atoms with Crippen molar-refractivity contribution in [1.29, 1.82) is 0 Å². The molecular weight excluding hydrogens is 224 g/mol. The Hall–Kier alpha value is -1.31. The highest BCUT2D eigenvalue weighted by atomic mass is 16.6. The Labute approximate surface area is 109 Å². The Kier molecular flexibility index (Phi) is 3.74. The van der Waals surface area contributed by atoms with Crippen molar-refractivity contribution in [1.82, 2.24) is 0 Å². The van der Waals surface area contributed by atoms with E-state index in [-0.39, 0.29) is 11.6 Å². The van der Waals surface area contributed by atoms with Crippen LogP contribution in [-0.2, 0) is 4.74 Å². The van der Waals surface area contributed by atoms with Gasteiger partial charge < -0.3 is 4.74 Å². The zero-order valence-electron chi connectivity index (χ0n) is 11.6. The van der Waals surface area contributed by atoms with Crippen LogP contribution in [0.2, 0.25) is 0 Å². The topological polar surface area (TPSA) is 26.3 Å². The van der Waals surface area contributed by atoms with E-state index in [4.69, 9.17) is 4.74 Å². The van der Waals surface area contributed by atoms with Crippen molar-refractivity contribution in [2.24, 2.45) is 0 Å². The average molecular weight is 246 g/mol. The fraction of sp³-hybridized carbons (Fsp3) is 0.562. The number of ether oxygens (including phenoxy) is 1. The van der Waals surface area contributed by atoms with Crippen molar-refractivity contribution in [2.75, 3.05) is 0 Å². The zero-order chi connectivity index (χ0) is 13.2. The Morgan fingerprint density at radius 3 is 2.17 bits per heavy atom. The number of hydrogen-bond donors (Lipinski definition) is 0. The summed E-state index contributed by atoms with van der Waals surface area (Å²) in [7, 11) is 0. The van der Waals surface area contributed by atoms with Crippen molar-refractivity contribution >= 4 is 5.97 Å². The van der Waals surface area contributed by atoms with E-state index in [9.17, 15) is 4.79 Å². The summed E-state index contributed by atoms with van der Waals surface area (Å²) in [6, 6.07) is 5.88. The van der Waals surface area contributed by atoms with Gasteiger partial charge in [-0.3, -0.25) is 0 Å². The van der Waals surface area contributed by atoms with Crippen LogP contribution in [-0.4, -0.2) is 11.6 Å². The van der Waals surface area contributed by atoms with Crippen molar-refractivity contribution in [3.8, 4) is 0 Å². The first-order chi connectivity index (χ1) is 8.48. The first kappa shape index (κ1) is 13.1. The first-order valence-corrected chi connectivity index (χ1v) is 6.80. The molecule has 1 aliphatic carbocycles. The standard InChI is InChI=1S/C16H22O2/c1-12-9-13(2)11-14(10-12)15(17)18-16(3)7-5-4-6-8-16/h9-11H,4-8H2,1-3H3. The number of benzene rings is 1. The Morgan fingerprint density at radius 2 is 1.61 bits per heavy atom. The molecule has 0 radical (unpaired) electrons. The summed E-state index contributed by atoms with van der Waals surface area (Å²) in [5, 5.41) is 0. The number of carbonyl (C=O) groups is 1. The maximum absolute atomic E-state index is 12.2. The maximum Gasteiger partial charge on any atom is 0.338 e. The van der Waals surface area contributed by atoms with Gasteiger partial charge in [0, 0.05) is 0 Å². The SMILES string of the molecule is Cc1cc(C)cc(C(=O)OC2(C)CCCCC2)c1. The van der Waals surface area contributed by atoms with Gasteiger partial charge in [-0.2, -0.15) is 0 Å². The third-order valence-electron chi connectivity index (χ3n) is 3.71. The normalized spacial score (nSPS) is 18.4. The zero-order valence-corrected chi connectivity index (χ0v) is 11.6. The van der Waals surface area contributed by atoms with E-state index in [1.54, 1.807) is 0 Å². The summed E-state index contributed by atoms with van der Waals surface area (Å²) < 4.78 is 5.74. The van der Waals surface area contributed by atoms with E-state index in [1.807, 2.05) is 26.0 Å². The lowest BCUT2D eigenvalue weighted by Crippen LogP contribution is -2.33. The van der Waals surface area contributed by atoms with E-state index in [0.29, 0.717) is 5.56 Å². The molecule has 0 bridgehead atoms. The maximum atomic E-state index is 12.2. The molecule has 1 saturated carbocycles. The van der Waals surface area contributed by atoms with Gasteiger partial charge in [0.15, 0.2) is 0 Å². The van der Waals surface area contributed by atoms with Crippen LogP contribution in [0.3, 0.4) is 0 Å². The minimum Gasteiger partial charge on any atom is -0.456 e. The lowest BCUT2D eigenvalue weighted by molar-refractivity contribution is -0.0269. The third kappa shape index (κ3) is 3.12. The molecule has 0 amide bonds. The van der Waals surface area contributed by atoms with Gasteiger partial charge in [0.1, 0.15) is 5.60 Å². The summed E-state index contributed by atoms with van der Waals surface area (Å²) in [6.07, 6.45) is 5.57. The number of hydrogen-bond acceptors (Lipinski definition) is 2. The summed E-state index contributed by atoms with van der Waals surface area (Å²) in [6.45, 7) is 6.07. The van der Waals surface area contributed by atoms with Crippen molar-refractivity contribution in [2.45, 2.75) is 58.5 Å². The summed E-state index contributed by atoms with van der Waals surface area (Å²) >= 11 is 0. The van der Waals surface area contributed by atoms with Gasteiger partial charge in [0.05, 0.1) is 5.56 Å². The van der Waals surface area contributed by atoms with Gasteiger partial charge in [0.25, 0.3) is 0 Å². The third-order valence-corrected chi connectivity index (χ3v) is 3.71. The second-order valence-corrected chi connectivity index (χ2v) is 5.78. The van der Waals surface area contributed by atoms with Gasteiger partial charge in [-0.25, -0.2) is 4.79 Å². The second kappa shape index (κ2) is 5.13. The lowest BCUT2D eigenvalue weighted by Gasteiger charge is -2.33. The molecule has 0 saturated heterocycles. The molecule has 1 aromatic rings. The highest BCUT2D eigenvalue weighted by Crippen LogP contribution is 2.31. The van der Waals surface area contributed by atoms with Crippen LogP contribution >= 0.6 is 0 Å². The second-order valence-electron chi connectivity index (χ2n) is 5.78. The quantitative estimate of drug-likeness (QED) is 0.732. The van der Waals surface area contributed by atoms with Crippen LogP contribution in [0.15, 0.2) is 18.2 Å². The van der Waals surface area contributed by atoms with Gasteiger partial charge in [-0.15, -0.1) is 0 Å². The molecular formula is C16H22O2. The molecule has 0 unspecified atom stereocenters. The van der Waals surface area contributed by atoms with Crippen LogP contribution in [0.5, 0.6) is 0 Å². The fourth-order valence-electron chi connectivity index (χ4n) is 2.78. The Bertz CT molecular complexity index is 422. The number of esters is 1. The highest BCUT2D eigenvalue weighted by Gasteiger charge is 2.31. The van der Waals surface area contributed by atoms with Crippen molar-refractivity contribution in [3.63, 3.8) is 0 Å². The van der Waals surface area contributed by atoms with Gasteiger partial charge in [-0.1, -0.05) is 23.6 Å².